The molecule has 1 heterocycles. The molecule has 1 N–H and O–H groups in total. The van der Waals surface area contributed by atoms with E-state index in [4.69, 9.17) is 18.8 Å². The highest BCUT2D eigenvalue weighted by Crippen LogP contribution is 2.29. The topological polar surface area (TPSA) is 106 Å². The smallest absolute Gasteiger partial charge is 0.364 e. The van der Waals surface area contributed by atoms with Crippen molar-refractivity contribution in [1.29, 1.82) is 0 Å². The fourth-order valence-corrected chi connectivity index (χ4v) is 2.57. The summed E-state index contributed by atoms with van der Waals surface area (Å²) in [5, 5.41) is -4.83. The van der Waals surface area contributed by atoms with Gasteiger partial charge in [-0.15, -0.1) is 0 Å². The van der Waals surface area contributed by atoms with Gasteiger partial charge in [-0.2, -0.15) is 17.2 Å². The minimum atomic E-state index is -5.86. The first kappa shape index (κ1) is 20.9. The molecule has 13 heteroatoms. The van der Waals surface area contributed by atoms with Crippen LogP contribution in [0.5, 0.6) is 0 Å². The zero-order valence-corrected chi connectivity index (χ0v) is 13.8. The number of nitrogens with zero attached hydrogens (tertiary/aromatic N) is 2. The average Bonchev–Trinajstić information content (AvgIpc) is 2.48. The lowest BCUT2D eigenvalue weighted by molar-refractivity contribution is -0.145. The summed E-state index contributed by atoms with van der Waals surface area (Å²) in [5.74, 6) is 0. The Balaban J connectivity index is 2.92. The van der Waals surface area contributed by atoms with E-state index in [1.165, 1.54) is 14.2 Å². The monoisotopic (exact) mass is 380 g/mol. The molecule has 24 heavy (non-hydrogen) atoms. The van der Waals surface area contributed by atoms with Crippen molar-refractivity contribution in [2.24, 2.45) is 0 Å². The summed E-state index contributed by atoms with van der Waals surface area (Å²) in [7, 11) is -3.26. The lowest BCUT2D eigenvalue weighted by Gasteiger charge is -2.40. The van der Waals surface area contributed by atoms with Crippen molar-refractivity contribution < 1.29 is 45.1 Å². The van der Waals surface area contributed by atoms with Crippen molar-refractivity contribution in [3.8, 4) is 0 Å². The summed E-state index contributed by atoms with van der Waals surface area (Å²) in [6.45, 7) is -2.69. The lowest BCUT2D eigenvalue weighted by atomic mass is 10.2. The summed E-state index contributed by atoms with van der Waals surface area (Å²) < 4.78 is 84.5. The molecule has 0 radical (unpaired) electrons. The molecule has 0 aliphatic carbocycles. The molecule has 1 aliphatic heterocycles. The van der Waals surface area contributed by atoms with Gasteiger partial charge in [0.1, 0.15) is 20.1 Å². The molecule has 142 valence electrons. The lowest BCUT2D eigenvalue weighted by Crippen LogP contribution is -2.59. The molecule has 0 saturated carbocycles. The molecule has 0 spiro atoms. The Hall–Kier alpha value is -1.15. The Bertz CT molecular complexity index is 516. The molecule has 1 atom stereocenters. The number of methoxy groups -OCH3 is 2. The summed E-state index contributed by atoms with van der Waals surface area (Å²) in [6.07, 6.45) is -3.87. The second-order valence-corrected chi connectivity index (χ2v) is 6.50. The first-order valence-corrected chi connectivity index (χ1v) is 8.10. The first-order valence-electron chi connectivity index (χ1n) is 6.66. The number of carbonyl (C=O) groups is 1. The maximum absolute atomic E-state index is 13.6. The van der Waals surface area contributed by atoms with Gasteiger partial charge in [-0.05, 0) is 0 Å². The van der Waals surface area contributed by atoms with Crippen molar-refractivity contribution in [2.45, 2.75) is 17.5 Å². The number of urea groups is 1. The van der Waals surface area contributed by atoms with Crippen LogP contribution in [0.4, 0.5) is 18.0 Å². The van der Waals surface area contributed by atoms with E-state index >= 15 is 0 Å². The van der Waals surface area contributed by atoms with Gasteiger partial charge in [0, 0.05) is 14.2 Å². The molecule has 1 unspecified atom stereocenters. The third kappa shape index (κ3) is 4.69. The second-order valence-electron chi connectivity index (χ2n) is 5.00. The van der Waals surface area contributed by atoms with Crippen LogP contribution in [-0.2, 0) is 24.3 Å². The maximum atomic E-state index is 13.6. The van der Waals surface area contributed by atoms with E-state index in [2.05, 4.69) is 0 Å². The quantitative estimate of drug-likeness (QED) is 0.567. The zero-order valence-electron chi connectivity index (χ0n) is 13.0. The van der Waals surface area contributed by atoms with E-state index in [9.17, 15) is 26.4 Å². The van der Waals surface area contributed by atoms with Gasteiger partial charge in [-0.3, -0.25) is 14.4 Å². The molecule has 1 aliphatic rings. The largest absolute Gasteiger partial charge is 0.397 e. The highest BCUT2D eigenvalue weighted by Gasteiger charge is 2.54. The van der Waals surface area contributed by atoms with Gasteiger partial charge in [0.15, 0.2) is 6.10 Å². The molecule has 1 fully saturated rings. The molecular weight excluding hydrogens is 361 g/mol. The minimum absolute atomic E-state index is 0.187. The predicted molar refractivity (Wildman–Crippen MR) is 73.7 cm³/mol. The normalized spacial score (nSPS) is 19.0. The Morgan fingerprint density at radius 1 is 1.25 bits per heavy atom. The third-order valence-corrected chi connectivity index (χ3v) is 4.13. The van der Waals surface area contributed by atoms with E-state index in [1.807, 2.05) is 0 Å². The average molecular weight is 380 g/mol. The molecule has 0 aromatic rings. The van der Waals surface area contributed by atoms with Gasteiger partial charge in [0.2, 0.25) is 0 Å². The van der Waals surface area contributed by atoms with Crippen LogP contribution < -0.4 is 0 Å². The van der Waals surface area contributed by atoms with Crippen molar-refractivity contribution in [3.05, 3.63) is 0 Å². The molecule has 2 amide bonds. The Morgan fingerprint density at radius 2 is 1.71 bits per heavy atom. The van der Waals surface area contributed by atoms with Crippen LogP contribution in [0.25, 0.3) is 0 Å². The number of ether oxygens (including phenoxy) is 3. The molecule has 0 bridgehead atoms. The summed E-state index contributed by atoms with van der Waals surface area (Å²) in [4.78, 5) is 14.2. The van der Waals surface area contributed by atoms with Crippen LogP contribution in [-0.4, -0.2) is 93.7 Å². The van der Waals surface area contributed by atoms with Crippen molar-refractivity contribution in [3.63, 3.8) is 0 Å². The third-order valence-electron chi connectivity index (χ3n) is 3.17. The van der Waals surface area contributed by atoms with E-state index in [0.717, 1.165) is 9.80 Å². The van der Waals surface area contributed by atoms with Crippen LogP contribution in [0.3, 0.4) is 0 Å². The van der Waals surface area contributed by atoms with Crippen molar-refractivity contribution in [2.75, 3.05) is 47.4 Å². The molecular formula is C11H19F3N2O7S. The van der Waals surface area contributed by atoms with Gasteiger partial charge in [0.25, 0.3) is 0 Å². The van der Waals surface area contributed by atoms with Crippen LogP contribution in [0.2, 0.25) is 0 Å². The Morgan fingerprint density at radius 3 is 2.04 bits per heavy atom. The number of rotatable bonds is 9. The Kier molecular flexibility index (Phi) is 7.22. The van der Waals surface area contributed by atoms with Gasteiger partial charge < -0.3 is 14.2 Å². The molecule has 0 aromatic heterocycles. The molecule has 1 rings (SSSR count). The fraction of sp³-hybridized carbons (Fsp3) is 0.909. The predicted octanol–water partition coefficient (Wildman–Crippen LogP) is 0.136. The van der Waals surface area contributed by atoms with Crippen LogP contribution in [0.1, 0.15) is 0 Å². The summed E-state index contributed by atoms with van der Waals surface area (Å²) in [6, 6.07) is -0.517. The maximum Gasteiger partial charge on any atom is 0.397 e. The Labute approximate surface area is 137 Å². The number of carbonyl (C=O) groups excluding carboxylic acids is 1. The van der Waals surface area contributed by atoms with Gasteiger partial charge >= 0.3 is 21.4 Å². The zero-order chi connectivity index (χ0) is 18.5. The van der Waals surface area contributed by atoms with Crippen LogP contribution in [0.15, 0.2) is 0 Å². The van der Waals surface area contributed by atoms with E-state index in [-0.39, 0.29) is 26.6 Å². The van der Waals surface area contributed by atoms with Gasteiger partial charge in [-0.1, -0.05) is 0 Å². The number of hydrogen-bond acceptors (Lipinski definition) is 6. The van der Waals surface area contributed by atoms with E-state index in [1.54, 1.807) is 0 Å². The minimum Gasteiger partial charge on any atom is -0.364 e. The van der Waals surface area contributed by atoms with Crippen molar-refractivity contribution in [1.82, 2.24) is 9.80 Å². The highest BCUT2D eigenvalue weighted by atomic mass is 32.2. The highest BCUT2D eigenvalue weighted by molar-refractivity contribution is 7.86. The van der Waals surface area contributed by atoms with Crippen LogP contribution >= 0.6 is 0 Å². The molecule has 9 nitrogen and oxygen atoms in total. The first-order chi connectivity index (χ1) is 11.1. The SMILES string of the molecule is COCN1CC(OC(CF)C(F)(F)S(=O)(=O)O)CN(COC)C1=O. The molecule has 1 saturated heterocycles. The fourth-order valence-electron chi connectivity index (χ4n) is 2.12. The summed E-state index contributed by atoms with van der Waals surface area (Å²) >= 11 is 0. The second kappa shape index (κ2) is 8.29. The van der Waals surface area contributed by atoms with Crippen LogP contribution in [0, 0.1) is 0 Å². The molecule has 0 aromatic carbocycles. The number of halogens is 3. The number of hydrogen-bond donors (Lipinski definition) is 1. The van der Waals surface area contributed by atoms with Gasteiger partial charge in [-0.25, -0.2) is 9.18 Å². The number of amides is 2. The van der Waals surface area contributed by atoms with Gasteiger partial charge in [0.05, 0.1) is 19.2 Å². The standard InChI is InChI=1S/C11H19F3N2O7S/c1-21-6-15-4-8(5-16(7-22-2)10(15)17)23-9(3-12)11(13,14)24(18,19)20/h8-9H,3-7H2,1-2H3,(H,18,19,20). The van der Waals surface area contributed by atoms with E-state index < -0.39 is 40.3 Å². The van der Waals surface area contributed by atoms with Crippen molar-refractivity contribution >= 4 is 16.1 Å². The summed E-state index contributed by atoms with van der Waals surface area (Å²) in [5.41, 5.74) is 0. The number of alkyl halides is 3. The van der Waals surface area contributed by atoms with E-state index in [0.29, 0.717) is 0 Å².